The maximum atomic E-state index is 11.2. The maximum Gasteiger partial charge on any atom is 0.326 e. The first-order chi connectivity index (χ1) is 8.10. The predicted octanol–water partition coefficient (Wildman–Crippen LogP) is 3.42. The standard InChI is InChI=1S/C13H18ClNO2/c1-3-8-15(12(4-2)13(16)17)11-7-5-6-10(14)9-11/h5-7,9,12H,3-4,8H2,1-2H3,(H,16,17)/t12-/m0/s1. The molecule has 0 amide bonds. The van der Waals surface area contributed by atoms with Gasteiger partial charge in [-0.25, -0.2) is 4.79 Å². The number of halogens is 1. The van der Waals surface area contributed by atoms with Crippen LogP contribution in [0.2, 0.25) is 5.02 Å². The Hall–Kier alpha value is -1.22. The summed E-state index contributed by atoms with van der Waals surface area (Å²) in [5.74, 6) is -0.791. The first-order valence-corrected chi connectivity index (χ1v) is 6.23. The fourth-order valence-corrected chi connectivity index (χ4v) is 2.07. The highest BCUT2D eigenvalue weighted by atomic mass is 35.5. The molecule has 4 heteroatoms. The molecule has 0 saturated carbocycles. The number of carboxylic acid groups (broad SMARTS) is 1. The van der Waals surface area contributed by atoms with Crippen molar-refractivity contribution < 1.29 is 9.90 Å². The normalized spacial score (nSPS) is 12.2. The van der Waals surface area contributed by atoms with Gasteiger partial charge in [-0.05, 0) is 31.0 Å². The molecule has 94 valence electrons. The van der Waals surface area contributed by atoms with Gasteiger partial charge in [0, 0.05) is 17.3 Å². The van der Waals surface area contributed by atoms with Crippen LogP contribution in [0.1, 0.15) is 26.7 Å². The van der Waals surface area contributed by atoms with Gasteiger partial charge in [-0.2, -0.15) is 0 Å². The van der Waals surface area contributed by atoms with E-state index in [-0.39, 0.29) is 0 Å². The molecule has 0 aliphatic rings. The van der Waals surface area contributed by atoms with E-state index in [0.717, 1.165) is 12.1 Å². The van der Waals surface area contributed by atoms with Crippen molar-refractivity contribution in [1.29, 1.82) is 0 Å². The first-order valence-electron chi connectivity index (χ1n) is 5.85. The Bertz CT molecular complexity index is 381. The van der Waals surface area contributed by atoms with Crippen LogP contribution in [0.4, 0.5) is 5.69 Å². The highest BCUT2D eigenvalue weighted by Crippen LogP contribution is 2.23. The molecule has 3 nitrogen and oxygen atoms in total. The molecule has 1 aromatic rings. The summed E-state index contributed by atoms with van der Waals surface area (Å²) in [6.07, 6.45) is 1.47. The summed E-state index contributed by atoms with van der Waals surface area (Å²) in [6, 6.07) is 6.84. The lowest BCUT2D eigenvalue weighted by molar-refractivity contribution is -0.138. The third-order valence-electron chi connectivity index (χ3n) is 2.65. The Kier molecular flexibility index (Phi) is 5.29. The Morgan fingerprint density at radius 2 is 2.18 bits per heavy atom. The molecule has 0 bridgehead atoms. The van der Waals surface area contributed by atoms with E-state index in [1.807, 2.05) is 36.9 Å². The number of carboxylic acids is 1. The molecule has 0 aromatic heterocycles. The van der Waals surface area contributed by atoms with Crippen LogP contribution in [0.5, 0.6) is 0 Å². The summed E-state index contributed by atoms with van der Waals surface area (Å²) in [7, 11) is 0. The summed E-state index contributed by atoms with van der Waals surface area (Å²) in [5, 5.41) is 9.85. The Morgan fingerprint density at radius 1 is 1.47 bits per heavy atom. The number of benzene rings is 1. The van der Waals surface area contributed by atoms with E-state index in [4.69, 9.17) is 11.6 Å². The van der Waals surface area contributed by atoms with Crippen molar-refractivity contribution in [1.82, 2.24) is 0 Å². The Labute approximate surface area is 107 Å². The van der Waals surface area contributed by atoms with Gasteiger partial charge in [0.1, 0.15) is 6.04 Å². The van der Waals surface area contributed by atoms with Gasteiger partial charge in [-0.3, -0.25) is 0 Å². The Balaban J connectivity index is 3.03. The van der Waals surface area contributed by atoms with Gasteiger partial charge in [-0.15, -0.1) is 0 Å². The summed E-state index contributed by atoms with van der Waals surface area (Å²) < 4.78 is 0. The van der Waals surface area contributed by atoms with E-state index in [1.54, 1.807) is 6.07 Å². The minimum absolute atomic E-state index is 0.492. The molecule has 1 rings (SSSR count). The highest BCUT2D eigenvalue weighted by Gasteiger charge is 2.23. The second-order valence-electron chi connectivity index (χ2n) is 3.94. The summed E-state index contributed by atoms with van der Waals surface area (Å²) in [4.78, 5) is 13.1. The average Bonchev–Trinajstić information content (AvgIpc) is 2.28. The molecular formula is C13H18ClNO2. The van der Waals surface area contributed by atoms with Gasteiger partial charge in [0.2, 0.25) is 0 Å². The number of hydrogen-bond acceptors (Lipinski definition) is 2. The third kappa shape index (κ3) is 3.63. The molecule has 0 saturated heterocycles. The van der Waals surface area contributed by atoms with Crippen molar-refractivity contribution in [3.63, 3.8) is 0 Å². The van der Waals surface area contributed by atoms with Crippen molar-refractivity contribution in [2.45, 2.75) is 32.7 Å². The van der Waals surface area contributed by atoms with E-state index >= 15 is 0 Å². The van der Waals surface area contributed by atoms with Crippen LogP contribution < -0.4 is 4.90 Å². The molecule has 17 heavy (non-hydrogen) atoms. The molecule has 0 heterocycles. The van der Waals surface area contributed by atoms with Crippen LogP contribution in [0.3, 0.4) is 0 Å². The predicted molar refractivity (Wildman–Crippen MR) is 70.8 cm³/mol. The van der Waals surface area contributed by atoms with Crippen LogP contribution in [-0.2, 0) is 4.79 Å². The fraction of sp³-hybridized carbons (Fsp3) is 0.462. The number of aliphatic carboxylic acids is 1. The summed E-state index contributed by atoms with van der Waals surface area (Å²) in [5.41, 5.74) is 0.869. The minimum Gasteiger partial charge on any atom is -0.480 e. The van der Waals surface area contributed by atoms with Gasteiger partial charge in [0.25, 0.3) is 0 Å². The van der Waals surface area contributed by atoms with Gasteiger partial charge in [-0.1, -0.05) is 31.5 Å². The van der Waals surface area contributed by atoms with Crippen molar-refractivity contribution in [3.8, 4) is 0 Å². The lowest BCUT2D eigenvalue weighted by atomic mass is 10.1. The molecule has 1 aromatic carbocycles. The second-order valence-corrected chi connectivity index (χ2v) is 4.37. The van der Waals surface area contributed by atoms with E-state index in [2.05, 4.69) is 0 Å². The first kappa shape index (κ1) is 13.8. The molecule has 0 spiro atoms. The topological polar surface area (TPSA) is 40.5 Å². The summed E-state index contributed by atoms with van der Waals surface area (Å²) in [6.45, 7) is 4.63. The van der Waals surface area contributed by atoms with Crippen molar-refractivity contribution in [2.24, 2.45) is 0 Å². The molecule has 0 aliphatic carbocycles. The van der Waals surface area contributed by atoms with Crippen LogP contribution in [0.15, 0.2) is 24.3 Å². The zero-order valence-electron chi connectivity index (χ0n) is 10.2. The Morgan fingerprint density at radius 3 is 2.65 bits per heavy atom. The molecular weight excluding hydrogens is 238 g/mol. The van der Waals surface area contributed by atoms with Crippen molar-refractivity contribution in [2.75, 3.05) is 11.4 Å². The quantitative estimate of drug-likeness (QED) is 0.847. The van der Waals surface area contributed by atoms with Gasteiger partial charge >= 0.3 is 5.97 Å². The van der Waals surface area contributed by atoms with Gasteiger partial charge in [0.05, 0.1) is 0 Å². The minimum atomic E-state index is -0.791. The number of hydrogen-bond donors (Lipinski definition) is 1. The third-order valence-corrected chi connectivity index (χ3v) is 2.89. The van der Waals surface area contributed by atoms with E-state index in [0.29, 0.717) is 18.0 Å². The average molecular weight is 256 g/mol. The van der Waals surface area contributed by atoms with Gasteiger partial charge in [0.15, 0.2) is 0 Å². The van der Waals surface area contributed by atoms with Crippen LogP contribution >= 0.6 is 11.6 Å². The van der Waals surface area contributed by atoms with Crippen molar-refractivity contribution in [3.05, 3.63) is 29.3 Å². The van der Waals surface area contributed by atoms with Crippen LogP contribution in [0.25, 0.3) is 0 Å². The highest BCUT2D eigenvalue weighted by molar-refractivity contribution is 6.30. The number of rotatable bonds is 6. The number of anilines is 1. The number of nitrogens with zero attached hydrogens (tertiary/aromatic N) is 1. The smallest absolute Gasteiger partial charge is 0.326 e. The molecule has 0 fully saturated rings. The molecule has 0 aliphatic heterocycles. The molecule has 1 N–H and O–H groups in total. The second kappa shape index (κ2) is 6.50. The lowest BCUT2D eigenvalue weighted by Crippen LogP contribution is -2.41. The fourth-order valence-electron chi connectivity index (χ4n) is 1.89. The maximum absolute atomic E-state index is 11.2. The van der Waals surface area contributed by atoms with E-state index < -0.39 is 12.0 Å². The zero-order chi connectivity index (χ0) is 12.8. The zero-order valence-corrected chi connectivity index (χ0v) is 10.9. The van der Waals surface area contributed by atoms with E-state index in [1.165, 1.54) is 0 Å². The van der Waals surface area contributed by atoms with Gasteiger partial charge < -0.3 is 10.0 Å². The monoisotopic (exact) mass is 255 g/mol. The summed E-state index contributed by atoms with van der Waals surface area (Å²) >= 11 is 5.94. The SMILES string of the molecule is CCCN(c1cccc(Cl)c1)[C@@H](CC)C(=O)O. The van der Waals surface area contributed by atoms with Crippen LogP contribution in [0, 0.1) is 0 Å². The van der Waals surface area contributed by atoms with Crippen LogP contribution in [-0.4, -0.2) is 23.7 Å². The lowest BCUT2D eigenvalue weighted by Gasteiger charge is -2.30. The largest absolute Gasteiger partial charge is 0.480 e. The molecule has 0 unspecified atom stereocenters. The molecule has 1 atom stereocenters. The number of carbonyl (C=O) groups is 1. The van der Waals surface area contributed by atoms with E-state index in [9.17, 15) is 9.90 Å². The molecule has 0 radical (unpaired) electrons. The van der Waals surface area contributed by atoms with Crippen molar-refractivity contribution >= 4 is 23.3 Å².